The molecule has 4 rings (SSSR count). The Morgan fingerprint density at radius 2 is 2.04 bits per heavy atom. The van der Waals surface area contributed by atoms with Gasteiger partial charge in [0.1, 0.15) is 5.69 Å². The van der Waals surface area contributed by atoms with Crippen LogP contribution in [0.15, 0.2) is 42.5 Å². The second-order valence-corrected chi connectivity index (χ2v) is 6.95. The number of hydrogen-bond acceptors (Lipinski definition) is 5. The van der Waals surface area contributed by atoms with E-state index in [1.165, 1.54) is 11.3 Å². The molecule has 7 heteroatoms. The molecule has 2 amide bonds. The number of benzene rings is 1. The van der Waals surface area contributed by atoms with Crippen LogP contribution in [0.4, 0.5) is 0 Å². The molecule has 1 aromatic carbocycles. The molecule has 0 radical (unpaired) electrons. The van der Waals surface area contributed by atoms with Crippen LogP contribution in [-0.4, -0.2) is 33.5 Å². The zero-order valence-electron chi connectivity index (χ0n) is 13.2. The van der Waals surface area contributed by atoms with E-state index in [9.17, 15) is 9.59 Å². The maximum absolute atomic E-state index is 12.8. The maximum Gasteiger partial charge on any atom is 0.293 e. The smallest absolute Gasteiger partial charge is 0.293 e. The highest BCUT2D eigenvalue weighted by Crippen LogP contribution is 2.28. The quantitative estimate of drug-likeness (QED) is 0.548. The van der Waals surface area contributed by atoms with Crippen LogP contribution in [-0.2, 0) is 13.0 Å². The number of aromatic nitrogens is 1. The number of rotatable bonds is 2. The molecule has 1 aliphatic heterocycles. The van der Waals surface area contributed by atoms with E-state index in [2.05, 4.69) is 4.98 Å². The Morgan fingerprint density at radius 1 is 1.20 bits per heavy atom. The number of carbonyl (C=O) groups excluding carboxylic acids is 2. The minimum absolute atomic E-state index is 0.0176. The minimum Gasteiger partial charge on any atom is -0.333 e. The molecule has 0 aliphatic carbocycles. The predicted octanol–water partition coefficient (Wildman–Crippen LogP) is 2.61. The van der Waals surface area contributed by atoms with Crippen molar-refractivity contribution in [3.05, 3.63) is 64.3 Å². The third-order valence-corrected chi connectivity index (χ3v) is 5.41. The monoisotopic (exact) mass is 353 g/mol. The van der Waals surface area contributed by atoms with Crippen molar-refractivity contribution in [2.75, 3.05) is 6.54 Å². The van der Waals surface area contributed by atoms with Crippen LogP contribution in [0.1, 0.15) is 31.4 Å². The van der Waals surface area contributed by atoms with Crippen LogP contribution in [0.2, 0.25) is 0 Å². The molecule has 0 fully saturated rings. The molecule has 2 N–H and O–H groups in total. The molecule has 126 valence electrons. The summed E-state index contributed by atoms with van der Waals surface area (Å²) in [6.07, 6.45) is 0.582. The average molecular weight is 353 g/mol. The molecular weight excluding hydrogens is 338 g/mol. The molecule has 6 nitrogen and oxygen atoms in total. The predicted molar refractivity (Wildman–Crippen MR) is 93.8 cm³/mol. The first-order chi connectivity index (χ1) is 12.2. The van der Waals surface area contributed by atoms with Gasteiger partial charge in [-0.2, -0.15) is 0 Å². The zero-order valence-corrected chi connectivity index (χ0v) is 14.0. The highest BCUT2D eigenvalue weighted by molar-refractivity contribution is 7.20. The number of carbonyl (C=O) groups is 2. The number of hydrogen-bond donors (Lipinski definition) is 2. The summed E-state index contributed by atoms with van der Waals surface area (Å²) in [5.74, 6) is -0.615. The molecule has 1 aliphatic rings. The van der Waals surface area contributed by atoms with Crippen LogP contribution < -0.4 is 5.48 Å². The fourth-order valence-corrected chi connectivity index (χ4v) is 4.05. The van der Waals surface area contributed by atoms with Crippen molar-refractivity contribution in [1.29, 1.82) is 0 Å². The number of fused-ring (bicyclic) bond motifs is 2. The molecule has 3 heterocycles. The van der Waals surface area contributed by atoms with Crippen LogP contribution in [0.5, 0.6) is 0 Å². The van der Waals surface area contributed by atoms with Gasteiger partial charge >= 0.3 is 0 Å². The van der Waals surface area contributed by atoms with Gasteiger partial charge in [0.2, 0.25) is 0 Å². The lowest BCUT2D eigenvalue weighted by atomic mass is 10.0. The van der Waals surface area contributed by atoms with Crippen LogP contribution in [0.3, 0.4) is 0 Å². The summed E-state index contributed by atoms with van der Waals surface area (Å²) in [4.78, 5) is 31.1. The summed E-state index contributed by atoms with van der Waals surface area (Å²) in [6, 6.07) is 13.2. The second-order valence-electron chi connectivity index (χ2n) is 5.87. The van der Waals surface area contributed by atoms with Crippen LogP contribution >= 0.6 is 11.3 Å². The summed E-state index contributed by atoms with van der Waals surface area (Å²) in [6.45, 7) is 1.02. The maximum atomic E-state index is 12.8. The highest BCUT2D eigenvalue weighted by atomic mass is 32.1. The van der Waals surface area contributed by atoms with Crippen molar-refractivity contribution in [2.24, 2.45) is 0 Å². The lowest BCUT2D eigenvalue weighted by Crippen LogP contribution is -2.36. The van der Waals surface area contributed by atoms with Gasteiger partial charge in [-0.05, 0) is 29.1 Å². The largest absolute Gasteiger partial charge is 0.333 e. The van der Waals surface area contributed by atoms with Crippen molar-refractivity contribution < 1.29 is 14.8 Å². The van der Waals surface area contributed by atoms with Gasteiger partial charge in [-0.25, -0.2) is 10.5 Å². The van der Waals surface area contributed by atoms with Crippen LogP contribution in [0.25, 0.3) is 10.1 Å². The number of pyridine rings is 1. The van der Waals surface area contributed by atoms with E-state index >= 15 is 0 Å². The summed E-state index contributed by atoms with van der Waals surface area (Å²) in [7, 11) is 0. The lowest BCUT2D eigenvalue weighted by Gasteiger charge is -2.28. The molecular formula is C18H15N3O3S. The van der Waals surface area contributed by atoms with E-state index in [4.69, 9.17) is 5.21 Å². The molecule has 0 bridgehead atoms. The minimum atomic E-state index is -0.633. The molecule has 0 saturated heterocycles. The van der Waals surface area contributed by atoms with Crippen molar-refractivity contribution in [3.8, 4) is 0 Å². The van der Waals surface area contributed by atoms with E-state index in [1.807, 2.05) is 30.3 Å². The van der Waals surface area contributed by atoms with E-state index in [-0.39, 0.29) is 11.6 Å². The lowest BCUT2D eigenvalue weighted by molar-refractivity contribution is 0.0696. The number of hydroxylamine groups is 1. The number of nitrogens with one attached hydrogen (secondary N) is 1. The fourth-order valence-electron chi connectivity index (χ4n) is 3.02. The Kier molecular flexibility index (Phi) is 3.95. The van der Waals surface area contributed by atoms with Crippen LogP contribution in [0, 0.1) is 0 Å². The van der Waals surface area contributed by atoms with Gasteiger partial charge in [-0.3, -0.25) is 14.8 Å². The second kappa shape index (κ2) is 6.27. The van der Waals surface area contributed by atoms with Crippen molar-refractivity contribution >= 4 is 33.2 Å². The average Bonchev–Trinajstić information content (AvgIpc) is 3.10. The van der Waals surface area contributed by atoms with Crippen molar-refractivity contribution in [1.82, 2.24) is 15.4 Å². The Labute approximate surface area is 147 Å². The number of nitrogens with zero attached hydrogens (tertiary/aromatic N) is 2. The molecule has 0 spiro atoms. The Bertz CT molecular complexity index is 950. The Morgan fingerprint density at radius 3 is 2.84 bits per heavy atom. The van der Waals surface area contributed by atoms with Gasteiger partial charge in [-0.1, -0.05) is 24.3 Å². The molecule has 2 aromatic heterocycles. The standard InChI is InChI=1S/C18H15N3O3S/c22-17(20-24)14-6-5-12-10-21(8-7-13(12)19-14)18(23)16-9-11-3-1-2-4-15(11)25-16/h1-6,9,24H,7-8,10H2,(H,20,22). The summed E-state index contributed by atoms with van der Waals surface area (Å²) < 4.78 is 1.10. The molecule has 3 aromatic rings. The summed E-state index contributed by atoms with van der Waals surface area (Å²) in [5, 5.41) is 9.78. The third-order valence-electron chi connectivity index (χ3n) is 4.31. The fraction of sp³-hybridized carbons (Fsp3) is 0.167. The van der Waals surface area contributed by atoms with E-state index in [0.717, 1.165) is 26.2 Å². The van der Waals surface area contributed by atoms with E-state index < -0.39 is 5.91 Å². The van der Waals surface area contributed by atoms with E-state index in [1.54, 1.807) is 22.5 Å². The first-order valence-electron chi connectivity index (χ1n) is 7.87. The van der Waals surface area contributed by atoms with Crippen molar-refractivity contribution in [2.45, 2.75) is 13.0 Å². The van der Waals surface area contributed by atoms with Gasteiger partial charge in [0.15, 0.2) is 0 Å². The first kappa shape index (κ1) is 15.7. The molecule has 0 saturated carbocycles. The van der Waals surface area contributed by atoms with Gasteiger partial charge in [0.25, 0.3) is 11.8 Å². The number of amides is 2. The van der Waals surface area contributed by atoms with E-state index in [0.29, 0.717) is 19.5 Å². The van der Waals surface area contributed by atoms with Crippen molar-refractivity contribution in [3.63, 3.8) is 0 Å². The molecule has 0 unspecified atom stereocenters. The number of thiophene rings is 1. The summed E-state index contributed by atoms with van der Waals surface area (Å²) in [5.41, 5.74) is 3.48. The third kappa shape index (κ3) is 2.88. The molecule has 0 atom stereocenters. The first-order valence-corrected chi connectivity index (χ1v) is 8.68. The van der Waals surface area contributed by atoms with Gasteiger partial charge in [-0.15, -0.1) is 11.3 Å². The highest BCUT2D eigenvalue weighted by Gasteiger charge is 2.24. The topological polar surface area (TPSA) is 82.5 Å². The van der Waals surface area contributed by atoms with Gasteiger partial charge < -0.3 is 4.90 Å². The normalized spacial score (nSPS) is 13.6. The Hall–Kier alpha value is -2.77. The van der Waals surface area contributed by atoms with Gasteiger partial charge in [0.05, 0.1) is 4.88 Å². The Balaban J connectivity index is 1.57. The van der Waals surface area contributed by atoms with Gasteiger partial charge in [0, 0.05) is 29.9 Å². The zero-order chi connectivity index (χ0) is 17.4. The summed E-state index contributed by atoms with van der Waals surface area (Å²) >= 11 is 1.50. The molecule has 25 heavy (non-hydrogen) atoms. The SMILES string of the molecule is O=C(NO)c1ccc2c(n1)CCN(C(=O)c1cc3ccccc3s1)C2.